The minimum absolute atomic E-state index is 0.00425. The van der Waals surface area contributed by atoms with Gasteiger partial charge in [0, 0.05) is 0 Å². The third-order valence-corrected chi connectivity index (χ3v) is 8.26. The number of para-hydroxylation sites is 1. The Morgan fingerprint density at radius 2 is 1.89 bits per heavy atom. The number of benzene rings is 1. The van der Waals surface area contributed by atoms with E-state index in [1.165, 1.54) is 0 Å². The first kappa shape index (κ1) is 14.3. The molecule has 0 bridgehead atoms. The molecule has 1 aliphatic rings. The third kappa shape index (κ3) is 4.46. The number of anilines is 1. The van der Waals surface area contributed by atoms with E-state index in [-0.39, 0.29) is 3.73 Å². The fraction of sp³-hybridized carbons (Fsp3) is 0.267. The Kier molecular flexibility index (Phi) is 4.40. The molecule has 1 aliphatic heterocycles. The number of nitrogens with one attached hydrogen (secondary N) is 1. The van der Waals surface area contributed by atoms with Gasteiger partial charge in [0.15, 0.2) is 0 Å². The van der Waals surface area contributed by atoms with Crippen LogP contribution < -0.4 is 5.32 Å². The Morgan fingerprint density at radius 1 is 1.21 bits per heavy atom. The average Bonchev–Trinajstić information content (AvgIpc) is 2.77. The van der Waals surface area contributed by atoms with Gasteiger partial charge in [-0.25, -0.2) is 0 Å². The van der Waals surface area contributed by atoms with Gasteiger partial charge in [0.1, 0.15) is 0 Å². The summed E-state index contributed by atoms with van der Waals surface area (Å²) in [5.74, 6) is 0. The summed E-state index contributed by atoms with van der Waals surface area (Å²) < 4.78 is 9.59. The van der Waals surface area contributed by atoms with Crippen molar-refractivity contribution in [2.24, 2.45) is 0 Å². The van der Waals surface area contributed by atoms with Gasteiger partial charge in [-0.2, -0.15) is 0 Å². The van der Waals surface area contributed by atoms with Crippen molar-refractivity contribution in [3.63, 3.8) is 0 Å². The summed E-state index contributed by atoms with van der Waals surface area (Å²) in [7, 11) is 0. The molecule has 2 rings (SSSR count). The van der Waals surface area contributed by atoms with E-state index in [0.717, 1.165) is 11.4 Å². The van der Waals surface area contributed by atoms with E-state index in [4.69, 9.17) is 4.74 Å². The van der Waals surface area contributed by atoms with Crippen LogP contribution in [0.1, 0.15) is 20.8 Å². The summed E-state index contributed by atoms with van der Waals surface area (Å²) >= 11 is -2.48. The summed E-state index contributed by atoms with van der Waals surface area (Å²) in [6.07, 6.45) is 2.00. The van der Waals surface area contributed by atoms with Crippen LogP contribution in [0.3, 0.4) is 0 Å². The maximum atomic E-state index is 12.0. The summed E-state index contributed by atoms with van der Waals surface area (Å²) in [6.45, 7) is 5.72. The quantitative estimate of drug-likeness (QED) is 0.896. The molecule has 0 spiro atoms. The van der Waals surface area contributed by atoms with Crippen molar-refractivity contribution >= 4 is 30.9 Å². The monoisotopic (exact) mass is 359 g/mol. The molecule has 0 aliphatic carbocycles. The van der Waals surface area contributed by atoms with Crippen LogP contribution in [0.2, 0.25) is 0 Å². The van der Waals surface area contributed by atoms with Gasteiger partial charge in [0.25, 0.3) is 0 Å². The number of ether oxygens (including phenoxy) is 1. The minimum atomic E-state index is -2.48. The van der Waals surface area contributed by atoms with E-state index >= 15 is 0 Å². The van der Waals surface area contributed by atoms with Crippen molar-refractivity contribution in [1.29, 1.82) is 0 Å². The van der Waals surface area contributed by atoms with Crippen molar-refractivity contribution in [2.45, 2.75) is 26.4 Å². The predicted molar refractivity (Wildman–Crippen MR) is 79.3 cm³/mol. The van der Waals surface area contributed by atoms with E-state index < -0.39 is 27.0 Å². The number of carbonyl (C=O) groups excluding carboxylic acids is 1. The second-order valence-corrected chi connectivity index (χ2v) is 11.9. The molecule has 0 saturated carbocycles. The first-order valence-electron chi connectivity index (χ1n) is 6.39. The van der Waals surface area contributed by atoms with Crippen LogP contribution in [0, 0.1) is 0 Å². The fourth-order valence-electron chi connectivity index (χ4n) is 1.80. The molecule has 1 aromatic carbocycles. The topological polar surface area (TPSA) is 38.3 Å². The molecule has 0 atom stereocenters. The maximum absolute atomic E-state index is 12.0. The normalized spacial score (nSPS) is 14.3. The van der Waals surface area contributed by atoms with Crippen molar-refractivity contribution in [3.8, 4) is 0 Å². The summed E-state index contributed by atoms with van der Waals surface area (Å²) in [6, 6.07) is 9.95. The second-order valence-electron chi connectivity index (χ2n) is 5.53. The van der Waals surface area contributed by atoms with Gasteiger partial charge < -0.3 is 0 Å². The van der Waals surface area contributed by atoms with Crippen molar-refractivity contribution in [1.82, 2.24) is 0 Å². The van der Waals surface area contributed by atoms with Gasteiger partial charge in [-0.3, -0.25) is 0 Å². The SMILES string of the molecule is CC(C)(C)O[C](=O)[In]1[CH]=CC(Nc2ccccc2)=[CH]1. The van der Waals surface area contributed by atoms with E-state index in [1.54, 1.807) is 0 Å². The van der Waals surface area contributed by atoms with E-state index in [9.17, 15) is 4.79 Å². The number of carbonyl (C=O) groups is 1. The molecule has 19 heavy (non-hydrogen) atoms. The summed E-state index contributed by atoms with van der Waals surface area (Å²) in [4.78, 5) is 12.0. The van der Waals surface area contributed by atoms with Crippen LogP contribution in [0.4, 0.5) is 10.5 Å². The number of hydrogen-bond donors (Lipinski definition) is 1. The van der Waals surface area contributed by atoms with Crippen LogP contribution in [0.5, 0.6) is 0 Å². The zero-order chi connectivity index (χ0) is 13.9. The average molecular weight is 359 g/mol. The first-order chi connectivity index (χ1) is 8.94. The summed E-state index contributed by atoms with van der Waals surface area (Å²) in [5, 5.41) is 3.31. The van der Waals surface area contributed by atoms with Gasteiger partial charge >= 0.3 is 122 Å². The first-order valence-corrected chi connectivity index (χ1v) is 11.8. The number of rotatable bonds is 3. The van der Waals surface area contributed by atoms with E-state index in [0.29, 0.717) is 0 Å². The van der Waals surface area contributed by atoms with Crippen molar-refractivity contribution < 1.29 is 9.53 Å². The van der Waals surface area contributed by atoms with Gasteiger partial charge in [0.2, 0.25) is 0 Å². The number of allylic oxidation sites excluding steroid dienone is 1. The number of hydrogen-bond acceptors (Lipinski definition) is 3. The molecule has 0 unspecified atom stereocenters. The van der Waals surface area contributed by atoms with Gasteiger partial charge in [-0.15, -0.1) is 0 Å². The van der Waals surface area contributed by atoms with Gasteiger partial charge in [-0.05, 0) is 0 Å². The Bertz CT molecular complexity index is 515. The molecule has 1 aromatic rings. The van der Waals surface area contributed by atoms with E-state index in [1.807, 2.05) is 57.2 Å². The molecule has 0 aromatic heterocycles. The molecule has 98 valence electrons. The molecule has 0 fully saturated rings. The zero-order valence-electron chi connectivity index (χ0n) is 11.5. The molecule has 1 N–H and O–H groups in total. The zero-order valence-corrected chi connectivity index (χ0v) is 14.8. The predicted octanol–water partition coefficient (Wildman–Crippen LogP) is 3.64. The Labute approximate surface area is 121 Å². The fourth-order valence-corrected chi connectivity index (χ4v) is 7.19. The Balaban J connectivity index is 1.98. The Hall–Kier alpha value is -1.16. The molecule has 3 nitrogen and oxygen atoms in total. The molecule has 0 radical (unpaired) electrons. The molecule has 1 heterocycles. The standard InChI is InChI=1S/C10H9N.C5H9O2.In/c1-3-9(2)11-10-7-5-4-6-8-10;1-5(2,3)7-4-6;/h1-8,11H;1-3H3;. The van der Waals surface area contributed by atoms with Crippen molar-refractivity contribution in [3.05, 3.63) is 49.8 Å². The molecular weight excluding hydrogens is 341 g/mol. The van der Waals surface area contributed by atoms with Crippen molar-refractivity contribution in [2.75, 3.05) is 5.32 Å². The molecule has 0 saturated heterocycles. The molecule has 0 amide bonds. The Morgan fingerprint density at radius 3 is 2.53 bits per heavy atom. The van der Waals surface area contributed by atoms with E-state index in [2.05, 4.69) is 13.0 Å². The van der Waals surface area contributed by atoms with Crippen LogP contribution in [0.15, 0.2) is 49.8 Å². The third-order valence-electron chi connectivity index (χ3n) is 2.58. The van der Waals surface area contributed by atoms with Gasteiger partial charge in [0.05, 0.1) is 0 Å². The van der Waals surface area contributed by atoms with Gasteiger partial charge in [-0.1, -0.05) is 0 Å². The molecular formula is C15H18InNO2. The second kappa shape index (κ2) is 5.87. The van der Waals surface area contributed by atoms with Crippen LogP contribution >= 0.6 is 0 Å². The molecule has 4 heteroatoms. The van der Waals surface area contributed by atoms with Crippen LogP contribution in [-0.2, 0) is 4.74 Å². The van der Waals surface area contributed by atoms with Crippen LogP contribution in [0.25, 0.3) is 0 Å². The summed E-state index contributed by atoms with van der Waals surface area (Å²) in [5.41, 5.74) is 1.65. The van der Waals surface area contributed by atoms with Crippen LogP contribution in [-0.4, -0.2) is 30.8 Å².